The Kier molecular flexibility index (Phi) is 4.71. The molecule has 25 heavy (non-hydrogen) atoms. The van der Waals surface area contributed by atoms with E-state index in [-0.39, 0.29) is 23.4 Å². The number of nitrogens with zero attached hydrogens (tertiary/aromatic N) is 2. The summed E-state index contributed by atoms with van der Waals surface area (Å²) in [6.07, 6.45) is 3.28. The molecule has 1 saturated heterocycles. The van der Waals surface area contributed by atoms with Crippen LogP contribution in [0.5, 0.6) is 0 Å². The van der Waals surface area contributed by atoms with Crippen molar-refractivity contribution in [2.24, 2.45) is 0 Å². The number of rotatable bonds is 4. The minimum Gasteiger partial charge on any atom is -0.307 e. The number of anilines is 1. The summed E-state index contributed by atoms with van der Waals surface area (Å²) in [7, 11) is -3.05. The molecule has 1 aromatic carbocycles. The second kappa shape index (κ2) is 6.79. The highest BCUT2D eigenvalue weighted by molar-refractivity contribution is 7.91. The van der Waals surface area contributed by atoms with Gasteiger partial charge in [-0.15, -0.1) is 0 Å². The van der Waals surface area contributed by atoms with Crippen molar-refractivity contribution in [2.45, 2.75) is 19.4 Å². The fraction of sp³-hybridized carbons (Fsp3) is 0.294. The van der Waals surface area contributed by atoms with Crippen LogP contribution in [0.4, 0.5) is 10.2 Å². The molecule has 6 nitrogen and oxygen atoms in total. The Hall–Kier alpha value is -2.48. The second-order valence-corrected chi connectivity index (χ2v) is 8.28. The van der Waals surface area contributed by atoms with Crippen LogP contribution in [0.3, 0.4) is 0 Å². The minimum atomic E-state index is -3.05. The first kappa shape index (κ1) is 17.3. The third kappa shape index (κ3) is 4.33. The van der Waals surface area contributed by atoms with Gasteiger partial charge in [0.15, 0.2) is 9.84 Å². The van der Waals surface area contributed by atoms with Crippen LogP contribution in [-0.4, -0.2) is 35.6 Å². The number of hydrogen-bond donors (Lipinski definition) is 1. The highest BCUT2D eigenvalue weighted by Crippen LogP contribution is 2.27. The number of aryl methyl sites for hydroxylation is 1. The van der Waals surface area contributed by atoms with E-state index in [2.05, 4.69) is 10.4 Å². The van der Waals surface area contributed by atoms with Gasteiger partial charge in [-0.2, -0.15) is 5.10 Å². The van der Waals surface area contributed by atoms with E-state index < -0.39 is 15.7 Å². The Labute approximate surface area is 145 Å². The van der Waals surface area contributed by atoms with Crippen molar-refractivity contribution < 1.29 is 17.6 Å². The van der Waals surface area contributed by atoms with Crippen molar-refractivity contribution in [1.82, 2.24) is 9.78 Å². The van der Waals surface area contributed by atoms with E-state index in [0.717, 1.165) is 0 Å². The lowest BCUT2D eigenvalue weighted by Crippen LogP contribution is -2.18. The first-order valence-corrected chi connectivity index (χ1v) is 9.66. The first-order valence-electron chi connectivity index (χ1n) is 7.84. The van der Waals surface area contributed by atoms with Crippen molar-refractivity contribution in [3.05, 3.63) is 53.5 Å². The highest BCUT2D eigenvalue weighted by atomic mass is 32.2. The topological polar surface area (TPSA) is 81.1 Å². The molecule has 1 N–H and O–H groups in total. The number of benzene rings is 1. The first-order chi connectivity index (χ1) is 11.8. The Bertz CT molecular complexity index is 934. The number of halogens is 1. The third-order valence-corrected chi connectivity index (χ3v) is 5.69. The monoisotopic (exact) mass is 363 g/mol. The van der Waals surface area contributed by atoms with E-state index in [1.54, 1.807) is 29.8 Å². The van der Waals surface area contributed by atoms with Crippen molar-refractivity contribution in [3.8, 4) is 0 Å². The van der Waals surface area contributed by atoms with Crippen molar-refractivity contribution in [1.29, 1.82) is 0 Å². The maximum atomic E-state index is 13.1. The quantitative estimate of drug-likeness (QED) is 0.846. The fourth-order valence-electron chi connectivity index (χ4n) is 2.81. The smallest absolute Gasteiger partial charge is 0.249 e. The summed E-state index contributed by atoms with van der Waals surface area (Å²) < 4.78 is 38.0. The van der Waals surface area contributed by atoms with Gasteiger partial charge in [0.05, 0.1) is 23.2 Å². The molecule has 2 aromatic rings. The van der Waals surface area contributed by atoms with E-state index in [1.807, 2.05) is 0 Å². The van der Waals surface area contributed by atoms with Crippen LogP contribution >= 0.6 is 0 Å². The number of carbonyl (C=O) groups is 1. The molecule has 1 fully saturated rings. The lowest BCUT2D eigenvalue weighted by molar-refractivity contribution is -0.111. The minimum absolute atomic E-state index is 0.0239. The summed E-state index contributed by atoms with van der Waals surface area (Å²) >= 11 is 0. The molecule has 1 atom stereocenters. The van der Waals surface area contributed by atoms with Crippen LogP contribution in [0, 0.1) is 12.7 Å². The van der Waals surface area contributed by atoms with Crippen LogP contribution < -0.4 is 5.32 Å². The molecular weight excluding hydrogens is 345 g/mol. The van der Waals surface area contributed by atoms with E-state index >= 15 is 0 Å². The van der Waals surface area contributed by atoms with E-state index in [0.29, 0.717) is 23.5 Å². The molecule has 8 heteroatoms. The maximum Gasteiger partial charge on any atom is 0.249 e. The molecule has 1 unspecified atom stereocenters. The summed E-state index contributed by atoms with van der Waals surface area (Å²) in [6, 6.07) is 7.31. The second-order valence-electron chi connectivity index (χ2n) is 6.05. The van der Waals surface area contributed by atoms with Gasteiger partial charge >= 0.3 is 0 Å². The SMILES string of the molecule is Cc1cc(NC(=O)C=Cc2cccc(F)c2)n(C2CCS(=O)(=O)C2)n1. The fourth-order valence-corrected chi connectivity index (χ4v) is 4.50. The van der Waals surface area contributed by atoms with Crippen LogP contribution in [0.25, 0.3) is 6.08 Å². The Morgan fingerprint density at radius 3 is 2.88 bits per heavy atom. The average molecular weight is 363 g/mol. The number of hydrogen-bond acceptors (Lipinski definition) is 4. The molecule has 0 spiro atoms. The summed E-state index contributed by atoms with van der Waals surface area (Å²) in [4.78, 5) is 12.1. The van der Waals surface area contributed by atoms with Gasteiger partial charge in [-0.1, -0.05) is 12.1 Å². The normalized spacial score (nSPS) is 19.4. The molecule has 1 amide bonds. The van der Waals surface area contributed by atoms with Gasteiger partial charge in [0.2, 0.25) is 5.91 Å². The van der Waals surface area contributed by atoms with Crippen LogP contribution in [0.1, 0.15) is 23.7 Å². The molecule has 1 aliphatic rings. The maximum absolute atomic E-state index is 13.1. The van der Waals surface area contributed by atoms with Crippen LogP contribution in [-0.2, 0) is 14.6 Å². The van der Waals surface area contributed by atoms with Gasteiger partial charge in [0, 0.05) is 12.1 Å². The molecule has 3 rings (SSSR count). The zero-order chi connectivity index (χ0) is 18.0. The van der Waals surface area contributed by atoms with Crippen molar-refractivity contribution >= 4 is 27.6 Å². The highest BCUT2D eigenvalue weighted by Gasteiger charge is 2.31. The van der Waals surface area contributed by atoms with Gasteiger partial charge < -0.3 is 5.32 Å². The zero-order valence-corrected chi connectivity index (χ0v) is 14.5. The summed E-state index contributed by atoms with van der Waals surface area (Å²) in [5.41, 5.74) is 1.26. The van der Waals surface area contributed by atoms with Crippen LogP contribution in [0.2, 0.25) is 0 Å². The Morgan fingerprint density at radius 2 is 2.20 bits per heavy atom. The molecule has 1 aliphatic heterocycles. The Balaban J connectivity index is 1.73. The third-order valence-electron chi connectivity index (χ3n) is 3.94. The van der Waals surface area contributed by atoms with Gasteiger partial charge in [-0.3, -0.25) is 4.79 Å². The molecule has 0 radical (unpaired) electrons. The summed E-state index contributed by atoms with van der Waals surface area (Å²) in [5.74, 6) is -0.169. The molecule has 0 aliphatic carbocycles. The van der Waals surface area contributed by atoms with Gasteiger partial charge in [-0.05, 0) is 37.1 Å². The standard InChI is InChI=1S/C17H18FN3O3S/c1-12-9-16(21(20-12)15-7-8-25(23,24)11-15)19-17(22)6-5-13-3-2-4-14(18)10-13/h2-6,9-10,15H,7-8,11H2,1H3,(H,19,22). The number of amides is 1. The average Bonchev–Trinajstić information content (AvgIpc) is 3.07. The lowest BCUT2D eigenvalue weighted by Gasteiger charge is -2.13. The zero-order valence-electron chi connectivity index (χ0n) is 13.6. The largest absolute Gasteiger partial charge is 0.307 e. The summed E-state index contributed by atoms with van der Waals surface area (Å²) in [6.45, 7) is 1.78. The van der Waals surface area contributed by atoms with Gasteiger partial charge in [0.1, 0.15) is 11.6 Å². The molecule has 1 aromatic heterocycles. The van der Waals surface area contributed by atoms with Crippen LogP contribution in [0.15, 0.2) is 36.4 Å². The molecule has 132 valence electrons. The van der Waals surface area contributed by atoms with Crippen molar-refractivity contribution in [2.75, 3.05) is 16.8 Å². The molecule has 0 saturated carbocycles. The summed E-state index contributed by atoms with van der Waals surface area (Å²) in [5, 5.41) is 7.01. The van der Waals surface area contributed by atoms with Crippen molar-refractivity contribution in [3.63, 3.8) is 0 Å². The molecular formula is C17H18FN3O3S. The van der Waals surface area contributed by atoms with Gasteiger partial charge in [-0.25, -0.2) is 17.5 Å². The Morgan fingerprint density at radius 1 is 1.40 bits per heavy atom. The number of sulfone groups is 1. The number of nitrogens with one attached hydrogen (secondary N) is 1. The molecule has 2 heterocycles. The number of aromatic nitrogens is 2. The van der Waals surface area contributed by atoms with E-state index in [9.17, 15) is 17.6 Å². The lowest BCUT2D eigenvalue weighted by atomic mass is 10.2. The van der Waals surface area contributed by atoms with E-state index in [1.165, 1.54) is 24.3 Å². The van der Waals surface area contributed by atoms with Gasteiger partial charge in [0.25, 0.3) is 0 Å². The molecule has 0 bridgehead atoms. The number of carbonyl (C=O) groups excluding carboxylic acids is 1. The predicted molar refractivity (Wildman–Crippen MR) is 93.3 cm³/mol. The predicted octanol–water partition coefficient (Wildman–Crippen LogP) is 2.34. The van der Waals surface area contributed by atoms with E-state index in [4.69, 9.17) is 0 Å².